The molecular weight excluding hydrogens is 416 g/mol. The summed E-state index contributed by atoms with van der Waals surface area (Å²) in [5, 5.41) is 14.0. The van der Waals surface area contributed by atoms with E-state index in [2.05, 4.69) is 5.32 Å². The Kier molecular flexibility index (Phi) is 7.25. The van der Waals surface area contributed by atoms with Crippen LogP contribution in [0.4, 0.5) is 5.00 Å². The van der Waals surface area contributed by atoms with Crippen molar-refractivity contribution in [3.8, 4) is 11.8 Å². The van der Waals surface area contributed by atoms with Crippen LogP contribution in [0.3, 0.4) is 0 Å². The van der Waals surface area contributed by atoms with E-state index in [0.717, 1.165) is 11.3 Å². The topological polar surface area (TPSA) is 102 Å². The Labute approximate surface area is 183 Å². The summed E-state index contributed by atoms with van der Waals surface area (Å²) in [6.45, 7) is 4.08. The van der Waals surface area contributed by atoms with Gasteiger partial charge in [0.1, 0.15) is 40.5 Å². The molecule has 0 aliphatic heterocycles. The normalized spacial score (nSPS) is 10.9. The molecule has 0 saturated heterocycles. The van der Waals surface area contributed by atoms with Gasteiger partial charge in [-0.3, -0.25) is 4.79 Å². The number of nitriles is 1. The molecule has 158 valence electrons. The fourth-order valence-corrected chi connectivity index (χ4v) is 3.42. The Hall–Kier alpha value is -3.83. The van der Waals surface area contributed by atoms with Gasteiger partial charge in [-0.15, -0.1) is 11.3 Å². The number of nitrogens with one attached hydrogen (secondary N) is 1. The SMILES string of the molecule is CCOC(=O)c1ccsc1NC(=O)C(C#N)=Cc1ccc(COc2ccccc2C)o1. The number of carbonyl (C=O) groups is 2. The Morgan fingerprint density at radius 2 is 2.03 bits per heavy atom. The summed E-state index contributed by atoms with van der Waals surface area (Å²) in [5.41, 5.74) is 1.09. The number of benzene rings is 1. The third kappa shape index (κ3) is 5.62. The lowest BCUT2D eigenvalue weighted by Gasteiger charge is -2.06. The highest BCUT2D eigenvalue weighted by molar-refractivity contribution is 7.14. The maximum absolute atomic E-state index is 12.5. The number of ether oxygens (including phenoxy) is 2. The second-order valence-corrected chi connectivity index (χ2v) is 7.28. The molecular formula is C23H20N2O5S. The van der Waals surface area contributed by atoms with Gasteiger partial charge in [0.25, 0.3) is 5.91 Å². The van der Waals surface area contributed by atoms with Crippen molar-refractivity contribution in [1.82, 2.24) is 0 Å². The lowest BCUT2D eigenvalue weighted by molar-refractivity contribution is -0.112. The third-order valence-electron chi connectivity index (χ3n) is 4.19. The summed E-state index contributed by atoms with van der Waals surface area (Å²) >= 11 is 1.17. The Morgan fingerprint density at radius 3 is 2.77 bits per heavy atom. The molecule has 31 heavy (non-hydrogen) atoms. The van der Waals surface area contributed by atoms with Crippen molar-refractivity contribution < 1.29 is 23.5 Å². The first kappa shape index (κ1) is 21.9. The second kappa shape index (κ2) is 10.3. The van der Waals surface area contributed by atoms with E-state index < -0.39 is 11.9 Å². The minimum absolute atomic E-state index is 0.163. The standard InChI is InChI=1S/C23H20N2O5S/c1-3-28-23(27)19-10-11-31-22(19)25-21(26)16(13-24)12-17-8-9-18(30-17)14-29-20-7-5-4-6-15(20)2/h4-12H,3,14H2,1-2H3,(H,25,26). The van der Waals surface area contributed by atoms with Crippen molar-refractivity contribution in [3.63, 3.8) is 0 Å². The number of hydrogen-bond acceptors (Lipinski definition) is 7. The Balaban J connectivity index is 1.67. The molecule has 1 N–H and O–H groups in total. The number of thiophene rings is 1. The largest absolute Gasteiger partial charge is 0.485 e. The summed E-state index contributed by atoms with van der Waals surface area (Å²) in [7, 11) is 0. The molecule has 0 atom stereocenters. The average Bonchev–Trinajstić information content (AvgIpc) is 3.41. The first-order valence-electron chi connectivity index (χ1n) is 9.46. The molecule has 3 aromatic rings. The summed E-state index contributed by atoms with van der Waals surface area (Å²) < 4.78 is 16.4. The van der Waals surface area contributed by atoms with Gasteiger partial charge < -0.3 is 19.2 Å². The van der Waals surface area contributed by atoms with Gasteiger partial charge in [-0.05, 0) is 49.1 Å². The molecule has 0 aliphatic rings. The smallest absolute Gasteiger partial charge is 0.341 e. The highest BCUT2D eigenvalue weighted by Gasteiger charge is 2.18. The first-order chi connectivity index (χ1) is 15.0. The Morgan fingerprint density at radius 1 is 1.23 bits per heavy atom. The number of para-hydroxylation sites is 1. The lowest BCUT2D eigenvalue weighted by atomic mass is 10.2. The molecule has 0 spiro atoms. The van der Waals surface area contributed by atoms with Crippen molar-refractivity contribution >= 4 is 34.3 Å². The molecule has 0 radical (unpaired) electrons. The van der Waals surface area contributed by atoms with Crippen LogP contribution in [0.2, 0.25) is 0 Å². The molecule has 0 fully saturated rings. The molecule has 8 heteroatoms. The molecule has 3 rings (SSSR count). The predicted molar refractivity (Wildman–Crippen MR) is 117 cm³/mol. The summed E-state index contributed by atoms with van der Waals surface area (Å²) in [5.74, 6) is 0.457. The minimum atomic E-state index is -0.649. The molecule has 0 unspecified atom stereocenters. The fourth-order valence-electron chi connectivity index (χ4n) is 2.65. The first-order valence-corrected chi connectivity index (χ1v) is 10.3. The molecule has 0 saturated carbocycles. The zero-order chi connectivity index (χ0) is 22.2. The summed E-state index contributed by atoms with van der Waals surface area (Å²) in [6, 6.07) is 14.4. The van der Waals surface area contributed by atoms with E-state index in [-0.39, 0.29) is 24.4 Å². The molecule has 1 aromatic carbocycles. The van der Waals surface area contributed by atoms with Crippen LogP contribution in [0.5, 0.6) is 5.75 Å². The van der Waals surface area contributed by atoms with E-state index in [1.165, 1.54) is 17.4 Å². The van der Waals surface area contributed by atoms with Crippen LogP contribution in [0, 0.1) is 18.3 Å². The molecule has 7 nitrogen and oxygen atoms in total. The van der Waals surface area contributed by atoms with Crippen LogP contribution in [-0.4, -0.2) is 18.5 Å². The molecule has 2 heterocycles. The number of carbonyl (C=O) groups excluding carboxylic acids is 2. The third-order valence-corrected chi connectivity index (χ3v) is 5.02. The predicted octanol–water partition coefficient (Wildman–Crippen LogP) is 4.95. The monoisotopic (exact) mass is 436 g/mol. The number of nitrogens with zero attached hydrogens (tertiary/aromatic N) is 1. The number of aryl methyl sites for hydroxylation is 1. The van der Waals surface area contributed by atoms with Crippen LogP contribution in [0.25, 0.3) is 6.08 Å². The van der Waals surface area contributed by atoms with Crippen molar-refractivity contribution in [2.24, 2.45) is 0 Å². The number of furan rings is 1. The highest BCUT2D eigenvalue weighted by Crippen LogP contribution is 2.25. The maximum atomic E-state index is 12.5. The van der Waals surface area contributed by atoms with Gasteiger partial charge in [-0.25, -0.2) is 4.79 Å². The van der Waals surface area contributed by atoms with Crippen LogP contribution < -0.4 is 10.1 Å². The van der Waals surface area contributed by atoms with E-state index in [0.29, 0.717) is 16.5 Å². The lowest BCUT2D eigenvalue weighted by Crippen LogP contribution is -2.15. The van der Waals surface area contributed by atoms with E-state index >= 15 is 0 Å². The van der Waals surface area contributed by atoms with Gasteiger partial charge in [0, 0.05) is 6.08 Å². The van der Waals surface area contributed by atoms with Crippen LogP contribution in [0.15, 0.2) is 57.8 Å². The molecule has 0 aliphatic carbocycles. The summed E-state index contributed by atoms with van der Waals surface area (Å²) in [6.07, 6.45) is 1.34. The second-order valence-electron chi connectivity index (χ2n) is 6.37. The average molecular weight is 436 g/mol. The van der Waals surface area contributed by atoms with Crippen LogP contribution in [-0.2, 0) is 16.1 Å². The van der Waals surface area contributed by atoms with Gasteiger partial charge >= 0.3 is 5.97 Å². The zero-order valence-electron chi connectivity index (χ0n) is 17.0. The highest BCUT2D eigenvalue weighted by atomic mass is 32.1. The van der Waals surface area contributed by atoms with Gasteiger partial charge in [0.15, 0.2) is 0 Å². The van der Waals surface area contributed by atoms with Gasteiger partial charge in [-0.1, -0.05) is 18.2 Å². The molecule has 2 aromatic heterocycles. The Bertz CT molecular complexity index is 1150. The van der Waals surface area contributed by atoms with Crippen molar-refractivity contribution in [3.05, 3.63) is 76.1 Å². The fraction of sp³-hybridized carbons (Fsp3) is 0.174. The summed E-state index contributed by atoms with van der Waals surface area (Å²) in [4.78, 5) is 24.5. The van der Waals surface area contributed by atoms with Crippen molar-refractivity contribution in [2.75, 3.05) is 11.9 Å². The number of amides is 1. The number of rotatable bonds is 8. The zero-order valence-corrected chi connectivity index (χ0v) is 17.8. The van der Waals surface area contributed by atoms with Crippen LogP contribution >= 0.6 is 11.3 Å². The van der Waals surface area contributed by atoms with E-state index in [1.54, 1.807) is 30.5 Å². The van der Waals surface area contributed by atoms with E-state index in [1.807, 2.05) is 37.3 Å². The quantitative estimate of drug-likeness (QED) is 0.304. The van der Waals surface area contributed by atoms with Gasteiger partial charge in [0.2, 0.25) is 0 Å². The van der Waals surface area contributed by atoms with E-state index in [4.69, 9.17) is 13.9 Å². The molecule has 1 amide bonds. The number of anilines is 1. The van der Waals surface area contributed by atoms with Gasteiger partial charge in [0.05, 0.1) is 12.2 Å². The number of esters is 1. The van der Waals surface area contributed by atoms with Crippen molar-refractivity contribution in [1.29, 1.82) is 5.26 Å². The van der Waals surface area contributed by atoms with Crippen molar-refractivity contribution in [2.45, 2.75) is 20.5 Å². The number of hydrogen-bond donors (Lipinski definition) is 1. The van der Waals surface area contributed by atoms with E-state index in [9.17, 15) is 14.9 Å². The molecule has 0 bridgehead atoms. The minimum Gasteiger partial charge on any atom is -0.485 e. The van der Waals surface area contributed by atoms with Crippen LogP contribution in [0.1, 0.15) is 34.4 Å². The van der Waals surface area contributed by atoms with Gasteiger partial charge in [-0.2, -0.15) is 5.26 Å². The maximum Gasteiger partial charge on any atom is 0.341 e.